The molecule has 0 spiro atoms. The molecule has 1 aliphatic rings. The third-order valence-corrected chi connectivity index (χ3v) is 1.000. The van der Waals surface area contributed by atoms with Crippen molar-refractivity contribution in [3.05, 3.63) is 0 Å². The fourth-order valence-electron chi connectivity index (χ4n) is 0.250. The summed E-state index contributed by atoms with van der Waals surface area (Å²) >= 11 is 0. The minimum atomic E-state index is 0. The molecule has 1 rings (SSSR count). The smallest absolute Gasteiger partial charge is 0 e. The van der Waals surface area contributed by atoms with Crippen LogP contribution in [0.4, 0.5) is 0 Å². The Bertz CT molecular complexity index is 11.6. The maximum Gasteiger partial charge on any atom is 0 e. The van der Waals surface area contributed by atoms with Gasteiger partial charge in [-0.25, -0.2) is 0 Å². The summed E-state index contributed by atoms with van der Waals surface area (Å²) in [5.41, 5.74) is 0. The Morgan fingerprint density at radius 2 is 0.800 bits per heavy atom. The Balaban J connectivity index is 0.000000160. The van der Waals surface area contributed by atoms with Gasteiger partial charge in [0, 0.05) is 8.41 Å². The third-order valence-electron chi connectivity index (χ3n) is 1.000. The first-order valence-electron chi connectivity index (χ1n) is 2.00. The van der Waals surface area contributed by atoms with Crippen molar-refractivity contribution in [3.63, 3.8) is 0 Å². The summed E-state index contributed by atoms with van der Waals surface area (Å²) < 4.78 is 0. The average Bonchev–Trinajstić information content (AvgIpc) is 0.722. The lowest BCUT2D eigenvalue weighted by Gasteiger charge is -2.05. The van der Waals surface area contributed by atoms with Crippen molar-refractivity contribution in [2.24, 2.45) is 0 Å². The van der Waals surface area contributed by atoms with Gasteiger partial charge in [-0.1, -0.05) is 25.7 Å². The molecule has 0 unspecified atom stereocenters. The largest absolute Gasteiger partial charge is 0.0533 e. The fourth-order valence-corrected chi connectivity index (χ4v) is 0.250. The molecule has 0 saturated heterocycles. The van der Waals surface area contributed by atoms with Gasteiger partial charge in [0.15, 0.2) is 0 Å². The second-order valence-electron chi connectivity index (χ2n) is 1.41. The first-order chi connectivity index (χ1) is 2.00. The number of rotatable bonds is 0. The van der Waals surface area contributed by atoms with Crippen LogP contribution in [0.5, 0.6) is 0 Å². The summed E-state index contributed by atoms with van der Waals surface area (Å²) in [4.78, 5) is 0. The van der Waals surface area contributed by atoms with Crippen LogP contribution in [-0.4, -0.2) is 8.41 Å². The van der Waals surface area contributed by atoms with Gasteiger partial charge in [0.05, 0.1) is 0 Å². The monoisotopic (exact) mass is 67.1 g/mol. The summed E-state index contributed by atoms with van der Waals surface area (Å²) in [5, 5.41) is 0. The molecule has 0 nitrogen and oxygen atoms in total. The molecule has 0 bridgehead atoms. The second kappa shape index (κ2) is 2.31. The minimum absolute atomic E-state index is 0. The summed E-state index contributed by atoms with van der Waals surface area (Å²) in [6.07, 6.45) is 6.00. The third kappa shape index (κ3) is 1.05. The average molecular weight is 66.9 g/mol. The molecule has 5 heavy (non-hydrogen) atoms. The first-order valence-corrected chi connectivity index (χ1v) is 2.00. The molecule has 0 atom stereocenters. The van der Waals surface area contributed by atoms with Gasteiger partial charge in [-0.2, -0.15) is 0 Å². The molecule has 0 aromatic rings. The standard InChI is InChI=1S/C4H8.B/c1-2-4-3-1;/h1-4H2;. The molecule has 1 aliphatic carbocycles. The maximum atomic E-state index is 1.50. The molecule has 0 aliphatic heterocycles. The molecular formula is C4H8B. The Morgan fingerprint density at radius 3 is 0.800 bits per heavy atom. The molecule has 3 radical (unpaired) electrons. The highest BCUT2D eigenvalue weighted by molar-refractivity contribution is 5.75. The topological polar surface area (TPSA) is 0 Å². The predicted molar refractivity (Wildman–Crippen MR) is 24.2 cm³/mol. The van der Waals surface area contributed by atoms with Gasteiger partial charge in [0.2, 0.25) is 0 Å². The Hall–Kier alpha value is 0.0649. The van der Waals surface area contributed by atoms with Crippen molar-refractivity contribution in [3.8, 4) is 0 Å². The van der Waals surface area contributed by atoms with Crippen LogP contribution in [0, 0.1) is 0 Å². The normalized spacial score (nSPS) is 19.2. The van der Waals surface area contributed by atoms with E-state index in [-0.39, 0.29) is 8.41 Å². The lowest BCUT2D eigenvalue weighted by molar-refractivity contribution is 0.504. The van der Waals surface area contributed by atoms with Crippen molar-refractivity contribution in [1.82, 2.24) is 0 Å². The summed E-state index contributed by atoms with van der Waals surface area (Å²) in [5.74, 6) is 0. The second-order valence-corrected chi connectivity index (χ2v) is 1.41. The van der Waals surface area contributed by atoms with E-state index in [0.29, 0.717) is 0 Å². The van der Waals surface area contributed by atoms with Crippen LogP contribution < -0.4 is 0 Å². The van der Waals surface area contributed by atoms with E-state index in [0.717, 1.165) is 0 Å². The van der Waals surface area contributed by atoms with Crippen LogP contribution in [0.25, 0.3) is 0 Å². The lowest BCUT2D eigenvalue weighted by Crippen LogP contribution is -1.85. The fraction of sp³-hybridized carbons (Fsp3) is 1.00. The van der Waals surface area contributed by atoms with E-state index in [4.69, 9.17) is 0 Å². The van der Waals surface area contributed by atoms with Crippen molar-refractivity contribution in [1.29, 1.82) is 0 Å². The molecule has 0 heterocycles. The van der Waals surface area contributed by atoms with Crippen LogP contribution in [0.2, 0.25) is 0 Å². The van der Waals surface area contributed by atoms with Crippen molar-refractivity contribution < 1.29 is 0 Å². The van der Waals surface area contributed by atoms with E-state index in [1.54, 1.807) is 0 Å². The molecule has 0 amide bonds. The van der Waals surface area contributed by atoms with E-state index < -0.39 is 0 Å². The SMILES string of the molecule is C1CCC1.[B]. The van der Waals surface area contributed by atoms with Crippen molar-refractivity contribution in [2.45, 2.75) is 25.7 Å². The molecule has 0 aromatic carbocycles. The lowest BCUT2D eigenvalue weighted by atomic mass is 10.0. The van der Waals surface area contributed by atoms with Crippen LogP contribution in [-0.2, 0) is 0 Å². The van der Waals surface area contributed by atoms with Crippen molar-refractivity contribution >= 4 is 8.41 Å². The Kier molecular flexibility index (Phi) is 2.34. The quantitative estimate of drug-likeness (QED) is 0.373. The zero-order chi connectivity index (χ0) is 2.83. The van der Waals surface area contributed by atoms with E-state index >= 15 is 0 Å². The first kappa shape index (κ1) is 5.06. The van der Waals surface area contributed by atoms with Gasteiger partial charge in [-0.3, -0.25) is 0 Å². The van der Waals surface area contributed by atoms with E-state index in [1.165, 1.54) is 25.7 Å². The number of hydrogen-bond donors (Lipinski definition) is 0. The highest BCUT2D eigenvalue weighted by Crippen LogP contribution is 2.15. The van der Waals surface area contributed by atoms with Gasteiger partial charge in [0.1, 0.15) is 0 Å². The zero-order valence-electron chi connectivity index (χ0n) is 3.41. The van der Waals surface area contributed by atoms with Crippen LogP contribution in [0.1, 0.15) is 25.7 Å². The van der Waals surface area contributed by atoms with Crippen molar-refractivity contribution in [2.75, 3.05) is 0 Å². The van der Waals surface area contributed by atoms with Crippen LogP contribution in [0.3, 0.4) is 0 Å². The van der Waals surface area contributed by atoms with Gasteiger partial charge in [0.25, 0.3) is 0 Å². The van der Waals surface area contributed by atoms with Gasteiger partial charge >= 0.3 is 0 Å². The van der Waals surface area contributed by atoms with Gasteiger partial charge in [-0.15, -0.1) is 0 Å². The predicted octanol–water partition coefficient (Wildman–Crippen LogP) is 1.18. The van der Waals surface area contributed by atoms with E-state index in [1.807, 2.05) is 0 Å². The van der Waals surface area contributed by atoms with E-state index in [9.17, 15) is 0 Å². The summed E-state index contributed by atoms with van der Waals surface area (Å²) in [6.45, 7) is 0. The number of hydrogen-bond acceptors (Lipinski definition) is 0. The Labute approximate surface area is 35.2 Å². The molecule has 0 aromatic heterocycles. The highest BCUT2D eigenvalue weighted by Gasteiger charge is 1.95. The van der Waals surface area contributed by atoms with E-state index in [2.05, 4.69) is 0 Å². The Morgan fingerprint density at radius 1 is 0.600 bits per heavy atom. The molecule has 1 heteroatoms. The molecule has 1 saturated carbocycles. The molecular weight excluding hydrogens is 58.9 g/mol. The van der Waals surface area contributed by atoms with Crippen LogP contribution in [0.15, 0.2) is 0 Å². The highest BCUT2D eigenvalue weighted by atomic mass is 14.0. The maximum absolute atomic E-state index is 1.50. The summed E-state index contributed by atoms with van der Waals surface area (Å²) in [7, 11) is 0. The van der Waals surface area contributed by atoms with Crippen LogP contribution >= 0.6 is 0 Å². The summed E-state index contributed by atoms with van der Waals surface area (Å²) in [6, 6.07) is 0. The molecule has 0 N–H and O–H groups in total. The molecule has 1 fully saturated rings. The van der Waals surface area contributed by atoms with Gasteiger partial charge in [-0.05, 0) is 0 Å². The zero-order valence-corrected chi connectivity index (χ0v) is 3.41. The van der Waals surface area contributed by atoms with Gasteiger partial charge < -0.3 is 0 Å². The molecule has 27 valence electrons. The minimum Gasteiger partial charge on any atom is -0.0533 e.